The highest BCUT2D eigenvalue weighted by Gasteiger charge is 2.17. The normalized spacial score (nSPS) is 11.1. The van der Waals surface area contributed by atoms with Gasteiger partial charge in [0.1, 0.15) is 22.2 Å². The molecule has 0 amide bonds. The number of rotatable bonds is 7. The Morgan fingerprint density at radius 3 is 2.89 bits per heavy atom. The fraction of sp³-hybridized carbons (Fsp3) is 0.190. The molecule has 4 aromatic heterocycles. The molecule has 0 aliphatic carbocycles. The molecule has 4 rings (SSSR count). The van der Waals surface area contributed by atoms with Gasteiger partial charge in [-0.05, 0) is 43.7 Å². The number of aldehydes is 1. The molecule has 4 aromatic rings. The highest BCUT2D eigenvalue weighted by Crippen LogP contribution is 2.34. The van der Waals surface area contributed by atoms with Crippen molar-refractivity contribution < 1.29 is 9.21 Å². The first kappa shape index (κ1) is 18.3. The Hall–Kier alpha value is -3.06. The van der Waals surface area contributed by atoms with Gasteiger partial charge in [0, 0.05) is 34.2 Å². The second-order valence-corrected chi connectivity index (χ2v) is 7.47. The smallest absolute Gasteiger partial charge is 0.152 e. The van der Waals surface area contributed by atoms with Gasteiger partial charge in [0.25, 0.3) is 0 Å². The van der Waals surface area contributed by atoms with E-state index in [-0.39, 0.29) is 0 Å². The maximum Gasteiger partial charge on any atom is 0.152 e. The quantitative estimate of drug-likeness (QED) is 0.431. The topological polar surface area (TPSA) is 83.8 Å². The van der Waals surface area contributed by atoms with Crippen molar-refractivity contribution in [2.45, 2.75) is 36.7 Å². The standard InChI is InChI=1S/C21H20N4O2S/c1-3-17-16(12-26)20-18(23-10-14-7-6-13(2)27-14)9-19(25-21(20)24-17)28-15-5-4-8-22-11-15/h4-9,11-12H,3,10H2,1-2H3,(H2,23,24,25). The molecule has 7 heteroatoms. The zero-order chi connectivity index (χ0) is 19.5. The number of aryl methyl sites for hydroxylation is 2. The van der Waals surface area contributed by atoms with Crippen molar-refractivity contribution in [2.75, 3.05) is 5.32 Å². The lowest BCUT2D eigenvalue weighted by atomic mass is 10.1. The molecule has 28 heavy (non-hydrogen) atoms. The summed E-state index contributed by atoms with van der Waals surface area (Å²) in [6.07, 6.45) is 5.17. The van der Waals surface area contributed by atoms with Crippen molar-refractivity contribution in [3.05, 3.63) is 65.5 Å². The number of aromatic amines is 1. The molecule has 142 valence electrons. The van der Waals surface area contributed by atoms with Crippen LogP contribution in [0.3, 0.4) is 0 Å². The molecular weight excluding hydrogens is 372 g/mol. The molecule has 4 heterocycles. The van der Waals surface area contributed by atoms with Crippen molar-refractivity contribution in [2.24, 2.45) is 0 Å². The highest BCUT2D eigenvalue weighted by molar-refractivity contribution is 7.99. The monoisotopic (exact) mass is 392 g/mol. The second-order valence-electron chi connectivity index (χ2n) is 6.38. The van der Waals surface area contributed by atoms with Gasteiger partial charge in [0.2, 0.25) is 0 Å². The van der Waals surface area contributed by atoms with E-state index in [2.05, 4.69) is 15.3 Å². The predicted octanol–water partition coefficient (Wildman–Crippen LogP) is 5.00. The molecule has 0 aliphatic rings. The van der Waals surface area contributed by atoms with Crippen molar-refractivity contribution in [3.63, 3.8) is 0 Å². The number of pyridine rings is 2. The van der Waals surface area contributed by atoms with E-state index in [9.17, 15) is 4.79 Å². The fourth-order valence-electron chi connectivity index (χ4n) is 3.14. The number of furan rings is 1. The summed E-state index contributed by atoms with van der Waals surface area (Å²) in [5, 5.41) is 5.04. The number of nitrogens with one attached hydrogen (secondary N) is 2. The molecule has 0 saturated carbocycles. The first-order chi connectivity index (χ1) is 13.7. The lowest BCUT2D eigenvalue weighted by Crippen LogP contribution is -2.00. The molecule has 0 spiro atoms. The van der Waals surface area contributed by atoms with E-state index in [0.717, 1.165) is 50.9 Å². The number of hydrogen-bond donors (Lipinski definition) is 2. The van der Waals surface area contributed by atoms with E-state index in [1.54, 1.807) is 12.4 Å². The van der Waals surface area contributed by atoms with Crippen LogP contribution in [0.25, 0.3) is 11.0 Å². The molecule has 0 saturated heterocycles. The number of aromatic nitrogens is 3. The minimum Gasteiger partial charge on any atom is -0.465 e. The molecule has 2 N–H and O–H groups in total. The number of anilines is 1. The minimum atomic E-state index is 0.523. The largest absolute Gasteiger partial charge is 0.465 e. The first-order valence-electron chi connectivity index (χ1n) is 9.05. The second kappa shape index (κ2) is 7.90. The van der Waals surface area contributed by atoms with Gasteiger partial charge >= 0.3 is 0 Å². The average Bonchev–Trinajstić information content (AvgIpc) is 3.29. The number of fused-ring (bicyclic) bond motifs is 1. The van der Waals surface area contributed by atoms with Crippen LogP contribution >= 0.6 is 11.8 Å². The summed E-state index contributed by atoms with van der Waals surface area (Å²) in [5.41, 5.74) is 3.09. The lowest BCUT2D eigenvalue weighted by molar-refractivity contribution is 0.112. The van der Waals surface area contributed by atoms with Crippen molar-refractivity contribution >= 4 is 34.8 Å². The maximum atomic E-state index is 11.8. The number of carbonyl (C=O) groups is 1. The lowest BCUT2D eigenvalue weighted by Gasteiger charge is -2.09. The zero-order valence-electron chi connectivity index (χ0n) is 15.7. The van der Waals surface area contributed by atoms with Gasteiger partial charge in [-0.2, -0.15) is 0 Å². The zero-order valence-corrected chi connectivity index (χ0v) is 16.5. The van der Waals surface area contributed by atoms with Crippen molar-refractivity contribution in [1.82, 2.24) is 15.0 Å². The van der Waals surface area contributed by atoms with Gasteiger partial charge < -0.3 is 14.7 Å². The van der Waals surface area contributed by atoms with Crippen LogP contribution < -0.4 is 5.32 Å². The minimum absolute atomic E-state index is 0.523. The van der Waals surface area contributed by atoms with Gasteiger partial charge in [0.15, 0.2) is 6.29 Å². The Kier molecular flexibility index (Phi) is 5.16. The average molecular weight is 392 g/mol. The molecule has 6 nitrogen and oxygen atoms in total. The van der Waals surface area contributed by atoms with E-state index in [0.29, 0.717) is 17.8 Å². The Labute approximate surface area is 166 Å². The van der Waals surface area contributed by atoms with Gasteiger partial charge in [-0.1, -0.05) is 18.7 Å². The summed E-state index contributed by atoms with van der Waals surface area (Å²) < 4.78 is 5.66. The summed E-state index contributed by atoms with van der Waals surface area (Å²) in [5.74, 6) is 1.70. The maximum absolute atomic E-state index is 11.8. The fourth-order valence-corrected chi connectivity index (χ4v) is 3.95. The number of H-pyrrole nitrogens is 1. The third-order valence-electron chi connectivity index (χ3n) is 4.44. The van der Waals surface area contributed by atoms with Gasteiger partial charge in [-0.3, -0.25) is 9.78 Å². The van der Waals surface area contributed by atoms with Crippen LogP contribution in [0.5, 0.6) is 0 Å². The molecule has 0 aliphatic heterocycles. The van der Waals surface area contributed by atoms with Crippen LogP contribution in [0.4, 0.5) is 5.69 Å². The Bertz CT molecular complexity index is 1120. The molecule has 0 bridgehead atoms. The highest BCUT2D eigenvalue weighted by atomic mass is 32.2. The van der Waals surface area contributed by atoms with Crippen molar-refractivity contribution in [3.8, 4) is 0 Å². The van der Waals surface area contributed by atoms with E-state index in [1.807, 2.05) is 44.2 Å². The van der Waals surface area contributed by atoms with Crippen LogP contribution in [-0.2, 0) is 13.0 Å². The molecule has 0 radical (unpaired) electrons. The summed E-state index contributed by atoms with van der Waals surface area (Å²) >= 11 is 1.53. The summed E-state index contributed by atoms with van der Waals surface area (Å²) in [7, 11) is 0. The van der Waals surface area contributed by atoms with Crippen LogP contribution in [0.15, 0.2) is 57.1 Å². The number of nitrogens with zero attached hydrogens (tertiary/aromatic N) is 2. The Morgan fingerprint density at radius 1 is 1.32 bits per heavy atom. The van der Waals surface area contributed by atoms with E-state index >= 15 is 0 Å². The Balaban J connectivity index is 1.76. The SMILES string of the molecule is CCc1[nH]c2nc(Sc3cccnc3)cc(NCc3ccc(C)o3)c2c1C=O. The van der Waals surface area contributed by atoms with Crippen LogP contribution in [0.1, 0.15) is 34.5 Å². The molecule has 0 aromatic carbocycles. The van der Waals surface area contributed by atoms with E-state index < -0.39 is 0 Å². The van der Waals surface area contributed by atoms with Crippen LogP contribution in [-0.4, -0.2) is 21.2 Å². The Morgan fingerprint density at radius 2 is 2.21 bits per heavy atom. The summed E-state index contributed by atoms with van der Waals surface area (Å²) in [6.45, 7) is 4.46. The first-order valence-corrected chi connectivity index (χ1v) is 9.87. The van der Waals surface area contributed by atoms with E-state index in [1.165, 1.54) is 11.8 Å². The summed E-state index contributed by atoms with van der Waals surface area (Å²) in [6, 6.07) is 9.74. The van der Waals surface area contributed by atoms with Crippen LogP contribution in [0, 0.1) is 6.92 Å². The predicted molar refractivity (Wildman–Crippen MR) is 110 cm³/mol. The molecule has 0 fully saturated rings. The number of carbonyl (C=O) groups excluding carboxylic acids is 1. The van der Waals surface area contributed by atoms with Crippen molar-refractivity contribution in [1.29, 1.82) is 0 Å². The molecular formula is C21H20N4O2S. The van der Waals surface area contributed by atoms with Crippen LogP contribution in [0.2, 0.25) is 0 Å². The number of hydrogen-bond acceptors (Lipinski definition) is 6. The third-order valence-corrected chi connectivity index (χ3v) is 5.33. The third kappa shape index (κ3) is 3.66. The summed E-state index contributed by atoms with van der Waals surface area (Å²) in [4.78, 5) is 24.9. The van der Waals surface area contributed by atoms with E-state index in [4.69, 9.17) is 9.40 Å². The van der Waals surface area contributed by atoms with Gasteiger partial charge in [0.05, 0.1) is 11.9 Å². The van der Waals surface area contributed by atoms with Gasteiger partial charge in [-0.25, -0.2) is 4.98 Å². The molecule has 0 atom stereocenters. The molecule has 0 unspecified atom stereocenters. The van der Waals surface area contributed by atoms with Gasteiger partial charge in [-0.15, -0.1) is 0 Å².